The lowest BCUT2D eigenvalue weighted by atomic mass is 9.96. The number of hydrogen-bond donors (Lipinski definition) is 0. The summed E-state index contributed by atoms with van der Waals surface area (Å²) in [5, 5.41) is 0.822. The van der Waals surface area contributed by atoms with Crippen molar-refractivity contribution in [3.63, 3.8) is 0 Å². The third kappa shape index (κ3) is 5.49. The van der Waals surface area contributed by atoms with Crippen LogP contribution in [0, 0.1) is 6.92 Å². The summed E-state index contributed by atoms with van der Waals surface area (Å²) in [7, 11) is 0. The van der Waals surface area contributed by atoms with Crippen LogP contribution in [0.15, 0.2) is 48.5 Å². The molecule has 3 aromatic rings. The lowest BCUT2D eigenvalue weighted by Crippen LogP contribution is -2.26. The highest BCUT2D eigenvalue weighted by atomic mass is 35.5. The summed E-state index contributed by atoms with van der Waals surface area (Å²) in [6.45, 7) is 5.19. The highest BCUT2D eigenvalue weighted by Crippen LogP contribution is 2.38. The maximum Gasteiger partial charge on any atom is 0.416 e. The van der Waals surface area contributed by atoms with Crippen LogP contribution in [0.4, 0.5) is 13.2 Å². The molecule has 0 aliphatic rings. The van der Waals surface area contributed by atoms with Crippen LogP contribution < -0.4 is 0 Å². The molecule has 1 aromatic heterocycles. The SMILES string of the molecule is Cc1nc(-c2ccc(C(F)(F)F)cc2)c(-c2ccc(Cl)cc2Cl)cc1COC(C)(C)C=O. The van der Waals surface area contributed by atoms with Crippen molar-refractivity contribution in [3.8, 4) is 22.4 Å². The van der Waals surface area contributed by atoms with Crippen LogP contribution in [0.25, 0.3) is 22.4 Å². The molecular formula is C24H20Cl2F3NO2. The Kier molecular flexibility index (Phi) is 6.98. The summed E-state index contributed by atoms with van der Waals surface area (Å²) in [4.78, 5) is 15.8. The van der Waals surface area contributed by atoms with Crippen LogP contribution in [-0.2, 0) is 22.3 Å². The Morgan fingerprint density at radius 2 is 1.66 bits per heavy atom. The molecule has 0 atom stereocenters. The van der Waals surface area contributed by atoms with E-state index in [4.69, 9.17) is 27.9 Å². The molecule has 8 heteroatoms. The van der Waals surface area contributed by atoms with E-state index in [2.05, 4.69) is 4.98 Å². The van der Waals surface area contributed by atoms with Crippen molar-refractivity contribution in [3.05, 3.63) is 75.4 Å². The van der Waals surface area contributed by atoms with Gasteiger partial charge in [0.05, 0.1) is 17.9 Å². The summed E-state index contributed by atoms with van der Waals surface area (Å²) in [5.74, 6) is 0. The molecule has 0 bridgehead atoms. The van der Waals surface area contributed by atoms with Crippen LogP contribution in [-0.4, -0.2) is 16.9 Å². The second-order valence-corrected chi connectivity index (χ2v) is 8.68. The quantitative estimate of drug-likeness (QED) is 0.341. The van der Waals surface area contributed by atoms with Gasteiger partial charge in [0, 0.05) is 32.4 Å². The molecule has 0 unspecified atom stereocenters. The van der Waals surface area contributed by atoms with Gasteiger partial charge in [-0.15, -0.1) is 0 Å². The van der Waals surface area contributed by atoms with Crippen molar-refractivity contribution in [2.75, 3.05) is 0 Å². The number of ether oxygens (including phenoxy) is 1. The number of aldehydes is 1. The number of pyridine rings is 1. The number of rotatable bonds is 6. The molecular weight excluding hydrogens is 462 g/mol. The summed E-state index contributed by atoms with van der Waals surface area (Å²) < 4.78 is 44.7. The lowest BCUT2D eigenvalue weighted by molar-refractivity contribution is -0.137. The van der Waals surface area contributed by atoms with Crippen LogP contribution in [0.2, 0.25) is 10.0 Å². The Morgan fingerprint density at radius 3 is 2.22 bits per heavy atom. The zero-order valence-corrected chi connectivity index (χ0v) is 19.1. The average Bonchev–Trinajstić information content (AvgIpc) is 2.72. The molecule has 0 amide bonds. The van der Waals surface area contributed by atoms with Gasteiger partial charge >= 0.3 is 6.18 Å². The number of aryl methyl sites for hydroxylation is 1. The molecule has 0 N–H and O–H groups in total. The minimum atomic E-state index is -4.43. The van der Waals surface area contributed by atoms with Gasteiger partial charge in [-0.3, -0.25) is 4.98 Å². The van der Waals surface area contributed by atoms with E-state index >= 15 is 0 Å². The third-order valence-electron chi connectivity index (χ3n) is 4.91. The second-order valence-electron chi connectivity index (χ2n) is 7.84. The number of aromatic nitrogens is 1. The van der Waals surface area contributed by atoms with Crippen LogP contribution in [0.5, 0.6) is 0 Å². The highest BCUT2D eigenvalue weighted by Gasteiger charge is 2.30. The van der Waals surface area contributed by atoms with Crippen molar-refractivity contribution >= 4 is 29.5 Å². The van der Waals surface area contributed by atoms with Gasteiger partial charge in [0.15, 0.2) is 6.29 Å². The van der Waals surface area contributed by atoms with E-state index < -0.39 is 17.3 Å². The highest BCUT2D eigenvalue weighted by molar-refractivity contribution is 6.36. The third-order valence-corrected chi connectivity index (χ3v) is 5.46. The van der Waals surface area contributed by atoms with E-state index in [1.54, 1.807) is 39.0 Å². The molecule has 0 fully saturated rings. The van der Waals surface area contributed by atoms with Crippen molar-refractivity contribution in [1.29, 1.82) is 0 Å². The molecule has 0 saturated carbocycles. The number of nitrogens with zero attached hydrogens (tertiary/aromatic N) is 1. The standard InChI is InChI=1S/C24H20Cl2F3NO2/c1-14-16(12-32-23(2,3)13-31)10-20(19-9-8-18(25)11-21(19)26)22(30-14)15-4-6-17(7-5-15)24(27,28)29/h4-11,13H,12H2,1-3H3. The zero-order chi connectivity index (χ0) is 23.7. The topological polar surface area (TPSA) is 39.2 Å². The van der Waals surface area contributed by atoms with E-state index in [9.17, 15) is 18.0 Å². The van der Waals surface area contributed by atoms with E-state index in [0.717, 1.165) is 17.7 Å². The number of hydrogen-bond acceptors (Lipinski definition) is 3. The fourth-order valence-electron chi connectivity index (χ4n) is 3.04. The van der Waals surface area contributed by atoms with E-state index in [1.807, 2.05) is 6.07 Å². The smallest absolute Gasteiger partial charge is 0.363 e. The summed E-state index contributed by atoms with van der Waals surface area (Å²) in [6.07, 6.45) is -3.72. The van der Waals surface area contributed by atoms with Crippen molar-refractivity contribution in [1.82, 2.24) is 4.98 Å². The predicted molar refractivity (Wildman–Crippen MR) is 120 cm³/mol. The van der Waals surface area contributed by atoms with Gasteiger partial charge in [-0.2, -0.15) is 13.2 Å². The van der Waals surface area contributed by atoms with Crippen LogP contribution in [0.3, 0.4) is 0 Å². The molecule has 0 saturated heterocycles. The number of carbonyl (C=O) groups excluding carboxylic acids is 1. The summed E-state index contributed by atoms with van der Waals surface area (Å²) in [5.41, 5.74) is 1.82. The first-order valence-electron chi connectivity index (χ1n) is 9.65. The molecule has 32 heavy (non-hydrogen) atoms. The Labute approximate surface area is 194 Å². The first-order valence-corrected chi connectivity index (χ1v) is 10.4. The molecule has 0 aliphatic heterocycles. The second kappa shape index (κ2) is 9.22. The van der Waals surface area contributed by atoms with Crippen molar-refractivity contribution < 1.29 is 22.7 Å². The number of benzene rings is 2. The number of carbonyl (C=O) groups is 1. The van der Waals surface area contributed by atoms with Gasteiger partial charge in [0.1, 0.15) is 5.60 Å². The van der Waals surface area contributed by atoms with Gasteiger partial charge in [0.2, 0.25) is 0 Å². The van der Waals surface area contributed by atoms with Gasteiger partial charge < -0.3 is 9.53 Å². The van der Waals surface area contributed by atoms with Gasteiger partial charge in [-0.05, 0) is 56.7 Å². The zero-order valence-electron chi connectivity index (χ0n) is 17.6. The van der Waals surface area contributed by atoms with Crippen molar-refractivity contribution in [2.45, 2.75) is 39.2 Å². The van der Waals surface area contributed by atoms with Crippen molar-refractivity contribution in [2.24, 2.45) is 0 Å². The first kappa shape index (κ1) is 24.2. The van der Waals surface area contributed by atoms with Gasteiger partial charge in [-0.25, -0.2) is 0 Å². The number of alkyl halides is 3. The number of halogens is 5. The molecule has 3 rings (SSSR count). The van der Waals surface area contributed by atoms with E-state index in [0.29, 0.717) is 44.4 Å². The van der Waals surface area contributed by atoms with Gasteiger partial charge in [0.25, 0.3) is 0 Å². The minimum absolute atomic E-state index is 0.121. The van der Waals surface area contributed by atoms with Gasteiger partial charge in [-0.1, -0.05) is 41.4 Å². The molecule has 1 heterocycles. The normalized spacial score (nSPS) is 12.1. The van der Waals surface area contributed by atoms with E-state index in [1.165, 1.54) is 12.1 Å². The fourth-order valence-corrected chi connectivity index (χ4v) is 3.55. The van der Waals surface area contributed by atoms with Crippen LogP contribution >= 0.6 is 23.2 Å². The Hall–Kier alpha value is -2.41. The van der Waals surface area contributed by atoms with Crippen LogP contribution in [0.1, 0.15) is 30.7 Å². The maximum absolute atomic E-state index is 13.0. The largest absolute Gasteiger partial charge is 0.416 e. The fraction of sp³-hybridized carbons (Fsp3) is 0.250. The predicted octanol–water partition coefficient (Wildman–Crippen LogP) is 7.54. The van der Waals surface area contributed by atoms with E-state index in [-0.39, 0.29) is 6.61 Å². The Balaban J connectivity index is 2.15. The molecule has 2 aromatic carbocycles. The molecule has 0 aliphatic carbocycles. The summed E-state index contributed by atoms with van der Waals surface area (Å²) in [6, 6.07) is 11.6. The summed E-state index contributed by atoms with van der Waals surface area (Å²) >= 11 is 12.5. The minimum Gasteiger partial charge on any atom is -0.363 e. The first-order chi connectivity index (χ1) is 14.9. The Morgan fingerprint density at radius 1 is 1.00 bits per heavy atom. The molecule has 168 valence electrons. The average molecular weight is 482 g/mol. The maximum atomic E-state index is 13.0. The molecule has 0 spiro atoms. The molecule has 3 nitrogen and oxygen atoms in total. The Bertz CT molecular complexity index is 1140. The monoisotopic (exact) mass is 481 g/mol. The lowest BCUT2D eigenvalue weighted by Gasteiger charge is -2.20. The molecule has 0 radical (unpaired) electrons.